The molecule has 0 aromatic carbocycles. The molecule has 1 heterocycles. The smallest absolute Gasteiger partial charge is 0.326 e. The van der Waals surface area contributed by atoms with Crippen LogP contribution < -0.4 is 10.6 Å². The number of hydrogen-bond donors (Lipinski definition) is 3. The van der Waals surface area contributed by atoms with Crippen molar-refractivity contribution in [3.05, 3.63) is 16.6 Å². The Morgan fingerprint density at radius 3 is 2.95 bits per heavy atom. The van der Waals surface area contributed by atoms with Crippen molar-refractivity contribution in [2.24, 2.45) is 0 Å². The van der Waals surface area contributed by atoms with Crippen LogP contribution in [0, 0.1) is 0 Å². The highest BCUT2D eigenvalue weighted by atomic mass is 32.1. The van der Waals surface area contributed by atoms with Gasteiger partial charge in [0.2, 0.25) is 0 Å². The molecule has 0 aliphatic rings. The molecule has 0 fully saturated rings. The largest absolute Gasteiger partial charge is 0.480 e. The van der Waals surface area contributed by atoms with Gasteiger partial charge in [-0.3, -0.25) is 0 Å². The number of aromatic nitrogens is 1. The topological polar surface area (TPSA) is 101 Å². The fraction of sp³-hybridized carbons (Fsp3) is 0.545. The van der Waals surface area contributed by atoms with E-state index in [-0.39, 0.29) is 13.0 Å². The first-order valence-corrected chi connectivity index (χ1v) is 6.71. The molecule has 1 rings (SSSR count). The number of carbonyl (C=O) groups is 2. The van der Waals surface area contributed by atoms with Gasteiger partial charge in [0, 0.05) is 38.5 Å². The van der Waals surface area contributed by atoms with Gasteiger partial charge in [0.25, 0.3) is 0 Å². The zero-order chi connectivity index (χ0) is 14.1. The van der Waals surface area contributed by atoms with E-state index in [1.54, 1.807) is 5.51 Å². The number of nitrogens with one attached hydrogen (secondary N) is 2. The number of ether oxygens (including phenoxy) is 1. The molecule has 1 aromatic rings. The molecule has 3 N–H and O–H groups in total. The van der Waals surface area contributed by atoms with Crippen LogP contribution in [-0.2, 0) is 16.0 Å². The molecule has 106 valence electrons. The van der Waals surface area contributed by atoms with Crippen molar-refractivity contribution in [2.45, 2.75) is 18.9 Å². The molecule has 1 atom stereocenters. The van der Waals surface area contributed by atoms with Gasteiger partial charge in [-0.15, -0.1) is 11.3 Å². The van der Waals surface area contributed by atoms with E-state index in [1.807, 2.05) is 5.38 Å². The van der Waals surface area contributed by atoms with Gasteiger partial charge in [-0.05, 0) is 0 Å². The van der Waals surface area contributed by atoms with E-state index in [1.165, 1.54) is 18.4 Å². The minimum Gasteiger partial charge on any atom is -0.480 e. The number of rotatable bonds is 8. The van der Waals surface area contributed by atoms with Crippen LogP contribution in [-0.4, -0.2) is 48.4 Å². The predicted molar refractivity (Wildman–Crippen MR) is 70.3 cm³/mol. The lowest BCUT2D eigenvalue weighted by Crippen LogP contribution is -2.46. The molecule has 0 saturated heterocycles. The maximum atomic E-state index is 11.5. The quantitative estimate of drug-likeness (QED) is 0.645. The maximum absolute atomic E-state index is 11.5. The van der Waals surface area contributed by atoms with E-state index in [2.05, 4.69) is 15.6 Å². The summed E-state index contributed by atoms with van der Waals surface area (Å²) in [7, 11) is 1.48. The van der Waals surface area contributed by atoms with Crippen molar-refractivity contribution in [3.8, 4) is 0 Å². The Morgan fingerprint density at radius 2 is 2.37 bits per heavy atom. The Morgan fingerprint density at radius 1 is 1.58 bits per heavy atom. The van der Waals surface area contributed by atoms with Gasteiger partial charge in [-0.25, -0.2) is 14.6 Å². The Kier molecular flexibility index (Phi) is 6.83. The Bertz CT molecular complexity index is 397. The summed E-state index contributed by atoms with van der Waals surface area (Å²) < 4.78 is 4.79. The third kappa shape index (κ3) is 6.16. The lowest BCUT2D eigenvalue weighted by Gasteiger charge is -2.14. The zero-order valence-corrected chi connectivity index (χ0v) is 11.4. The number of urea groups is 1. The van der Waals surface area contributed by atoms with Gasteiger partial charge in [-0.1, -0.05) is 0 Å². The number of carboxylic acids is 1. The maximum Gasteiger partial charge on any atom is 0.326 e. The molecule has 7 nitrogen and oxygen atoms in total. The lowest BCUT2D eigenvalue weighted by atomic mass is 10.2. The molecule has 0 spiro atoms. The third-order valence-electron chi connectivity index (χ3n) is 2.36. The monoisotopic (exact) mass is 287 g/mol. The number of amides is 2. The highest BCUT2D eigenvalue weighted by Crippen LogP contribution is 2.00. The summed E-state index contributed by atoms with van der Waals surface area (Å²) in [4.78, 5) is 26.5. The number of carbonyl (C=O) groups excluding carboxylic acids is 1. The summed E-state index contributed by atoms with van der Waals surface area (Å²) in [5.41, 5.74) is 2.63. The standard InChI is InChI=1S/C11H17N3O4S/c1-18-5-3-9(10(15)16)14-11(17)12-4-2-8-6-19-7-13-8/h6-7,9H,2-5H2,1H3,(H,15,16)(H2,12,14,17). The van der Waals surface area contributed by atoms with Crippen LogP contribution in [0.4, 0.5) is 4.79 Å². The van der Waals surface area contributed by atoms with Crippen molar-refractivity contribution >= 4 is 23.3 Å². The molecule has 0 saturated carbocycles. The second-order valence-corrected chi connectivity index (χ2v) is 4.52. The second kappa shape index (κ2) is 8.44. The summed E-state index contributed by atoms with van der Waals surface area (Å²) in [6, 6.07) is -1.45. The summed E-state index contributed by atoms with van der Waals surface area (Å²) in [6.07, 6.45) is 0.845. The average molecular weight is 287 g/mol. The Balaban J connectivity index is 2.25. The van der Waals surface area contributed by atoms with Gasteiger partial charge in [0.15, 0.2) is 0 Å². The fourth-order valence-corrected chi connectivity index (χ4v) is 1.96. The number of methoxy groups -OCH3 is 1. The van der Waals surface area contributed by atoms with Crippen LogP contribution in [0.5, 0.6) is 0 Å². The van der Waals surface area contributed by atoms with Crippen LogP contribution in [0.1, 0.15) is 12.1 Å². The molecule has 0 aliphatic heterocycles. The lowest BCUT2D eigenvalue weighted by molar-refractivity contribution is -0.139. The number of hydrogen-bond acceptors (Lipinski definition) is 5. The van der Waals surface area contributed by atoms with Crippen molar-refractivity contribution in [3.63, 3.8) is 0 Å². The van der Waals surface area contributed by atoms with E-state index in [9.17, 15) is 9.59 Å². The first kappa shape index (κ1) is 15.4. The third-order valence-corrected chi connectivity index (χ3v) is 3.00. The van der Waals surface area contributed by atoms with Crippen molar-refractivity contribution in [1.29, 1.82) is 0 Å². The van der Waals surface area contributed by atoms with Gasteiger partial charge < -0.3 is 20.5 Å². The van der Waals surface area contributed by atoms with Crippen LogP contribution in [0.2, 0.25) is 0 Å². The van der Waals surface area contributed by atoms with Crippen LogP contribution in [0.3, 0.4) is 0 Å². The summed E-state index contributed by atoms with van der Waals surface area (Å²) in [5.74, 6) is -1.08. The van der Waals surface area contributed by atoms with E-state index in [0.29, 0.717) is 13.0 Å². The molecule has 0 radical (unpaired) electrons. The van der Waals surface area contributed by atoms with Gasteiger partial charge in [0.05, 0.1) is 11.2 Å². The Labute approximate surface area is 115 Å². The predicted octanol–water partition coefficient (Wildman–Crippen LogP) is 0.474. The SMILES string of the molecule is COCCC(NC(=O)NCCc1cscn1)C(=O)O. The van der Waals surface area contributed by atoms with Crippen LogP contribution in [0.15, 0.2) is 10.9 Å². The van der Waals surface area contributed by atoms with E-state index >= 15 is 0 Å². The molecule has 1 unspecified atom stereocenters. The van der Waals surface area contributed by atoms with Crippen molar-refractivity contribution in [2.75, 3.05) is 20.3 Å². The minimum atomic E-state index is -1.08. The molecular formula is C11H17N3O4S. The molecule has 0 aliphatic carbocycles. The molecule has 1 aromatic heterocycles. The van der Waals surface area contributed by atoms with E-state index < -0.39 is 18.0 Å². The highest BCUT2D eigenvalue weighted by Gasteiger charge is 2.19. The first-order valence-electron chi connectivity index (χ1n) is 5.76. The van der Waals surface area contributed by atoms with Gasteiger partial charge in [0.1, 0.15) is 6.04 Å². The van der Waals surface area contributed by atoms with E-state index in [4.69, 9.17) is 9.84 Å². The molecule has 8 heteroatoms. The molecule has 2 amide bonds. The minimum absolute atomic E-state index is 0.228. The summed E-state index contributed by atoms with van der Waals surface area (Å²) in [5, 5.41) is 15.8. The van der Waals surface area contributed by atoms with Gasteiger partial charge >= 0.3 is 12.0 Å². The summed E-state index contributed by atoms with van der Waals surface area (Å²) in [6.45, 7) is 0.683. The van der Waals surface area contributed by atoms with E-state index in [0.717, 1.165) is 5.69 Å². The molecule has 19 heavy (non-hydrogen) atoms. The number of thiazole rings is 1. The highest BCUT2D eigenvalue weighted by molar-refractivity contribution is 7.07. The number of carboxylic acid groups (broad SMARTS) is 1. The summed E-state index contributed by atoms with van der Waals surface area (Å²) >= 11 is 1.49. The number of aliphatic carboxylic acids is 1. The Hall–Kier alpha value is -1.67. The molecular weight excluding hydrogens is 270 g/mol. The molecule has 0 bridgehead atoms. The van der Waals surface area contributed by atoms with Crippen LogP contribution in [0.25, 0.3) is 0 Å². The normalized spacial score (nSPS) is 11.8. The first-order chi connectivity index (χ1) is 9.13. The van der Waals surface area contributed by atoms with Crippen LogP contribution >= 0.6 is 11.3 Å². The fourth-order valence-electron chi connectivity index (χ4n) is 1.37. The van der Waals surface area contributed by atoms with Gasteiger partial charge in [-0.2, -0.15) is 0 Å². The average Bonchev–Trinajstić information content (AvgIpc) is 2.87. The van der Waals surface area contributed by atoms with Crippen molar-refractivity contribution < 1.29 is 19.4 Å². The zero-order valence-electron chi connectivity index (χ0n) is 10.6. The number of nitrogens with zero attached hydrogens (tertiary/aromatic N) is 1. The van der Waals surface area contributed by atoms with Crippen molar-refractivity contribution in [1.82, 2.24) is 15.6 Å². The second-order valence-electron chi connectivity index (χ2n) is 3.80.